The number of fused-ring (bicyclic) bond motifs is 1. The Bertz CT molecular complexity index is 1460. The van der Waals surface area contributed by atoms with Gasteiger partial charge in [0.15, 0.2) is 11.5 Å². The van der Waals surface area contributed by atoms with Crippen LogP contribution >= 0.6 is 0 Å². The molecule has 1 unspecified atom stereocenters. The van der Waals surface area contributed by atoms with Crippen molar-refractivity contribution in [3.05, 3.63) is 82.9 Å². The highest BCUT2D eigenvalue weighted by Crippen LogP contribution is 2.45. The second kappa shape index (κ2) is 10.7. The second-order valence-corrected chi connectivity index (χ2v) is 9.55. The van der Waals surface area contributed by atoms with Crippen LogP contribution in [0.5, 0.6) is 23.0 Å². The van der Waals surface area contributed by atoms with Crippen molar-refractivity contribution in [2.45, 2.75) is 39.7 Å². The van der Waals surface area contributed by atoms with E-state index in [1.165, 1.54) is 4.90 Å². The van der Waals surface area contributed by atoms with Crippen LogP contribution in [0.15, 0.2) is 66.2 Å². The van der Waals surface area contributed by atoms with Gasteiger partial charge < -0.3 is 24.1 Å². The monoisotopic (exact) mass is 529 g/mol. The highest BCUT2D eigenvalue weighted by Gasteiger charge is 2.47. The van der Waals surface area contributed by atoms with Crippen molar-refractivity contribution in [2.24, 2.45) is 0 Å². The number of ether oxygens (including phenoxy) is 4. The molecule has 39 heavy (non-hydrogen) atoms. The summed E-state index contributed by atoms with van der Waals surface area (Å²) < 4.78 is 22.4. The number of amides is 1. The molecule has 3 aromatic rings. The quantitative estimate of drug-likeness (QED) is 0.218. The van der Waals surface area contributed by atoms with Gasteiger partial charge in [-0.1, -0.05) is 26.0 Å². The summed E-state index contributed by atoms with van der Waals surface area (Å²) in [5, 5.41) is 11.6. The summed E-state index contributed by atoms with van der Waals surface area (Å²) in [5.74, 6) is 0.655. The molecule has 0 bridgehead atoms. The van der Waals surface area contributed by atoms with E-state index < -0.39 is 17.7 Å². The number of hydrogen-bond donors (Lipinski definition) is 1. The second-order valence-electron chi connectivity index (χ2n) is 9.55. The van der Waals surface area contributed by atoms with Gasteiger partial charge in [-0.05, 0) is 73.4 Å². The number of rotatable bonds is 8. The molecule has 2 heterocycles. The zero-order valence-electron chi connectivity index (χ0n) is 22.4. The lowest BCUT2D eigenvalue weighted by Crippen LogP contribution is -2.29. The summed E-state index contributed by atoms with van der Waals surface area (Å²) in [6.45, 7) is 8.87. The topological polar surface area (TPSA) is 94.5 Å². The van der Waals surface area contributed by atoms with Crippen molar-refractivity contribution >= 4 is 23.1 Å². The Hall–Kier alpha value is -4.46. The fraction of sp³-hybridized carbons (Fsp3) is 0.290. The normalized spacial score (nSPS) is 17.7. The first-order chi connectivity index (χ1) is 18.8. The minimum Gasteiger partial charge on any atom is -0.507 e. The van der Waals surface area contributed by atoms with E-state index in [-0.39, 0.29) is 24.0 Å². The predicted molar refractivity (Wildman–Crippen MR) is 147 cm³/mol. The molecule has 8 heteroatoms. The van der Waals surface area contributed by atoms with Crippen LogP contribution in [0, 0.1) is 0 Å². The Labute approximate surface area is 227 Å². The van der Waals surface area contributed by atoms with Crippen LogP contribution in [0.4, 0.5) is 5.69 Å². The Morgan fingerprint density at radius 1 is 0.974 bits per heavy atom. The van der Waals surface area contributed by atoms with Crippen LogP contribution in [-0.4, -0.2) is 36.8 Å². The van der Waals surface area contributed by atoms with E-state index in [2.05, 4.69) is 0 Å². The minimum absolute atomic E-state index is 0.00909. The number of nitrogens with zero attached hydrogens (tertiary/aromatic N) is 1. The summed E-state index contributed by atoms with van der Waals surface area (Å²) in [6, 6.07) is 16.7. The van der Waals surface area contributed by atoms with Gasteiger partial charge in [0.2, 0.25) is 6.79 Å². The number of aliphatic hydroxyl groups is 1. The third-order valence-electron chi connectivity index (χ3n) is 6.77. The van der Waals surface area contributed by atoms with Crippen molar-refractivity contribution in [3.63, 3.8) is 0 Å². The number of benzene rings is 3. The number of Topliss-reactive ketones (excluding diaryl/α,β-unsaturated/α-hetero) is 1. The molecule has 0 saturated carbocycles. The van der Waals surface area contributed by atoms with Crippen LogP contribution in [0.1, 0.15) is 56.3 Å². The lowest BCUT2D eigenvalue weighted by Gasteiger charge is -2.26. The van der Waals surface area contributed by atoms with Crippen molar-refractivity contribution < 1.29 is 33.6 Å². The molecule has 0 aliphatic carbocycles. The van der Waals surface area contributed by atoms with Gasteiger partial charge in [-0.2, -0.15) is 0 Å². The number of hydrogen-bond acceptors (Lipinski definition) is 7. The van der Waals surface area contributed by atoms with E-state index in [4.69, 9.17) is 18.9 Å². The van der Waals surface area contributed by atoms with Gasteiger partial charge in [0.1, 0.15) is 17.3 Å². The maximum atomic E-state index is 13.6. The smallest absolute Gasteiger partial charge is 0.300 e. The average molecular weight is 530 g/mol. The molecule has 1 amide bonds. The Kier molecular flexibility index (Phi) is 7.19. The lowest BCUT2D eigenvalue weighted by atomic mass is 9.93. The number of carbonyl (C=O) groups excluding carboxylic acids is 2. The van der Waals surface area contributed by atoms with Crippen LogP contribution in [0.25, 0.3) is 5.76 Å². The van der Waals surface area contributed by atoms with E-state index in [0.717, 1.165) is 5.56 Å². The zero-order chi connectivity index (χ0) is 27.7. The van der Waals surface area contributed by atoms with Crippen molar-refractivity contribution in [1.82, 2.24) is 0 Å². The molecule has 1 N–H and O–H groups in total. The first-order valence-corrected chi connectivity index (χ1v) is 13.0. The van der Waals surface area contributed by atoms with Crippen molar-refractivity contribution in [2.75, 3.05) is 24.9 Å². The molecule has 0 aromatic heterocycles. The Morgan fingerprint density at radius 2 is 1.74 bits per heavy atom. The van der Waals surface area contributed by atoms with Crippen LogP contribution < -0.4 is 23.8 Å². The van der Waals surface area contributed by atoms with E-state index in [1.807, 2.05) is 39.8 Å². The van der Waals surface area contributed by atoms with Crippen LogP contribution in [0.3, 0.4) is 0 Å². The van der Waals surface area contributed by atoms with E-state index in [0.29, 0.717) is 53.0 Å². The Balaban J connectivity index is 1.69. The van der Waals surface area contributed by atoms with Gasteiger partial charge in [-0.15, -0.1) is 0 Å². The number of carbonyl (C=O) groups is 2. The predicted octanol–water partition coefficient (Wildman–Crippen LogP) is 5.96. The number of anilines is 1. The summed E-state index contributed by atoms with van der Waals surface area (Å²) in [7, 11) is 0. The van der Waals surface area contributed by atoms with Gasteiger partial charge in [0, 0.05) is 17.3 Å². The molecule has 0 spiro atoms. The molecule has 0 radical (unpaired) electrons. The summed E-state index contributed by atoms with van der Waals surface area (Å²) in [6.07, 6.45) is 0. The van der Waals surface area contributed by atoms with Gasteiger partial charge in [0.25, 0.3) is 11.7 Å². The standard InChI is InChI=1S/C31H31NO7/c1-5-36-22-9-7-8-19(14-22)28-27(29(33)20-10-12-24(37-6-2)23(15-20)18(3)4)30(34)31(35)32(28)21-11-13-25-26(16-21)39-17-38-25/h7-16,18,28,33H,5-6,17H2,1-4H3/b29-27+. The first kappa shape index (κ1) is 26.2. The third-order valence-corrected chi connectivity index (χ3v) is 6.77. The molecule has 3 aromatic carbocycles. The number of aliphatic hydroxyl groups excluding tert-OH is 1. The lowest BCUT2D eigenvalue weighted by molar-refractivity contribution is -0.132. The van der Waals surface area contributed by atoms with Crippen LogP contribution in [-0.2, 0) is 9.59 Å². The molecular formula is C31H31NO7. The summed E-state index contributed by atoms with van der Waals surface area (Å²) in [5.41, 5.74) is 2.37. The summed E-state index contributed by atoms with van der Waals surface area (Å²) in [4.78, 5) is 28.6. The van der Waals surface area contributed by atoms with Gasteiger partial charge in [0.05, 0.1) is 24.8 Å². The molecule has 5 rings (SSSR count). The van der Waals surface area contributed by atoms with E-state index >= 15 is 0 Å². The van der Waals surface area contributed by atoms with Crippen molar-refractivity contribution in [1.29, 1.82) is 0 Å². The highest BCUT2D eigenvalue weighted by atomic mass is 16.7. The molecule has 1 saturated heterocycles. The maximum Gasteiger partial charge on any atom is 0.300 e. The molecule has 1 atom stereocenters. The fourth-order valence-corrected chi connectivity index (χ4v) is 4.98. The maximum absolute atomic E-state index is 13.6. The molecule has 2 aliphatic rings. The summed E-state index contributed by atoms with van der Waals surface area (Å²) >= 11 is 0. The molecule has 202 valence electrons. The molecule has 8 nitrogen and oxygen atoms in total. The van der Waals surface area contributed by atoms with Gasteiger partial charge in [-0.25, -0.2) is 0 Å². The van der Waals surface area contributed by atoms with E-state index in [1.54, 1.807) is 48.5 Å². The van der Waals surface area contributed by atoms with Crippen molar-refractivity contribution in [3.8, 4) is 23.0 Å². The molecule has 1 fully saturated rings. The average Bonchev–Trinajstić information content (AvgIpc) is 3.50. The van der Waals surface area contributed by atoms with Crippen LogP contribution in [0.2, 0.25) is 0 Å². The third kappa shape index (κ3) is 4.78. The van der Waals surface area contributed by atoms with Gasteiger partial charge in [-0.3, -0.25) is 14.5 Å². The largest absolute Gasteiger partial charge is 0.507 e. The van der Waals surface area contributed by atoms with E-state index in [9.17, 15) is 14.7 Å². The minimum atomic E-state index is -0.903. The molecular weight excluding hydrogens is 498 g/mol. The highest BCUT2D eigenvalue weighted by molar-refractivity contribution is 6.51. The molecule has 2 aliphatic heterocycles. The fourth-order valence-electron chi connectivity index (χ4n) is 4.98. The first-order valence-electron chi connectivity index (χ1n) is 13.0. The number of ketones is 1. The van der Waals surface area contributed by atoms with Gasteiger partial charge >= 0.3 is 0 Å². The SMILES string of the molecule is CCOc1cccc(C2/C(=C(\O)c3ccc(OCC)c(C(C)C)c3)C(=O)C(=O)N2c2ccc3c(c2)OCO3)c1. The Morgan fingerprint density at radius 3 is 2.49 bits per heavy atom. The zero-order valence-corrected chi connectivity index (χ0v) is 22.4.